The molecule has 1 N–H and O–H groups in total. The Labute approximate surface area is 190 Å². The van der Waals surface area contributed by atoms with Crippen molar-refractivity contribution in [2.75, 3.05) is 63.9 Å². The lowest BCUT2D eigenvalue weighted by Crippen LogP contribution is -2.39. The second-order valence-electron chi connectivity index (χ2n) is 8.09. The van der Waals surface area contributed by atoms with Crippen LogP contribution >= 0.6 is 0 Å². The van der Waals surface area contributed by atoms with E-state index < -0.39 is 15.9 Å². The second-order valence-corrected chi connectivity index (χ2v) is 10.0. The number of carbonyl (C=O) groups is 2. The van der Waals surface area contributed by atoms with Gasteiger partial charge in [0, 0.05) is 51.4 Å². The van der Waals surface area contributed by atoms with Gasteiger partial charge in [0.05, 0.1) is 24.0 Å². The molecule has 1 aromatic carbocycles. The molecule has 1 aromatic rings. The molecule has 2 aliphatic heterocycles. The number of ether oxygens (including phenoxy) is 1. The molecule has 1 unspecified atom stereocenters. The van der Waals surface area contributed by atoms with Crippen LogP contribution in [-0.4, -0.2) is 88.5 Å². The van der Waals surface area contributed by atoms with Crippen LogP contribution in [-0.2, 0) is 24.3 Å². The Morgan fingerprint density at radius 2 is 1.81 bits per heavy atom. The molecule has 178 valence electrons. The lowest BCUT2D eigenvalue weighted by molar-refractivity contribution is -0.126. The first-order chi connectivity index (χ1) is 15.4. The van der Waals surface area contributed by atoms with E-state index >= 15 is 0 Å². The molecule has 32 heavy (non-hydrogen) atoms. The van der Waals surface area contributed by atoms with E-state index in [4.69, 9.17) is 4.74 Å². The zero-order valence-electron chi connectivity index (χ0n) is 19.0. The fourth-order valence-electron chi connectivity index (χ4n) is 4.13. The van der Waals surface area contributed by atoms with Crippen molar-refractivity contribution in [3.8, 4) is 0 Å². The van der Waals surface area contributed by atoms with E-state index in [-0.39, 0.29) is 23.1 Å². The first-order valence-corrected chi connectivity index (χ1v) is 12.8. The van der Waals surface area contributed by atoms with Crippen molar-refractivity contribution in [1.82, 2.24) is 14.5 Å². The number of hydrogen-bond donors (Lipinski definition) is 1. The highest BCUT2D eigenvalue weighted by molar-refractivity contribution is 7.89. The Hall–Kier alpha value is -2.01. The summed E-state index contributed by atoms with van der Waals surface area (Å²) < 4.78 is 32.0. The molecule has 2 heterocycles. The van der Waals surface area contributed by atoms with E-state index in [0.717, 1.165) is 39.3 Å². The summed E-state index contributed by atoms with van der Waals surface area (Å²) >= 11 is 0. The molecule has 2 amide bonds. The van der Waals surface area contributed by atoms with Gasteiger partial charge in [-0.1, -0.05) is 13.8 Å². The second kappa shape index (κ2) is 11.2. The smallest absolute Gasteiger partial charge is 0.243 e. The molecule has 2 fully saturated rings. The summed E-state index contributed by atoms with van der Waals surface area (Å²) in [7, 11) is -3.54. The number of amides is 2. The van der Waals surface area contributed by atoms with Crippen LogP contribution in [0.4, 0.5) is 5.69 Å². The van der Waals surface area contributed by atoms with E-state index in [1.807, 2.05) is 0 Å². The standard InChI is InChI=1S/C22H34N4O5S/c1-3-25(4-2)32(29,30)20-8-6-19(7-9-20)26-17-18(16-21(26)27)22(28)23-10-5-11-24-12-14-31-15-13-24/h6-9,18H,3-5,10-17H2,1-2H3,(H,23,28). The molecule has 0 bridgehead atoms. The lowest BCUT2D eigenvalue weighted by atomic mass is 10.1. The van der Waals surface area contributed by atoms with E-state index in [1.54, 1.807) is 30.9 Å². The minimum atomic E-state index is -3.54. The maximum Gasteiger partial charge on any atom is 0.243 e. The molecular formula is C22H34N4O5S. The third-order valence-corrected chi connectivity index (χ3v) is 8.11. The molecule has 1 atom stereocenters. The number of benzene rings is 1. The zero-order valence-corrected chi connectivity index (χ0v) is 19.8. The van der Waals surface area contributed by atoms with Crippen LogP contribution in [0.1, 0.15) is 26.7 Å². The molecule has 3 rings (SSSR count). The van der Waals surface area contributed by atoms with E-state index in [1.165, 1.54) is 16.4 Å². The van der Waals surface area contributed by atoms with E-state index in [0.29, 0.717) is 31.9 Å². The van der Waals surface area contributed by atoms with Gasteiger partial charge in [-0.05, 0) is 37.2 Å². The molecule has 0 spiro atoms. The van der Waals surface area contributed by atoms with Gasteiger partial charge in [-0.15, -0.1) is 0 Å². The highest BCUT2D eigenvalue weighted by Gasteiger charge is 2.35. The predicted octanol–water partition coefficient (Wildman–Crippen LogP) is 0.909. The summed E-state index contributed by atoms with van der Waals surface area (Å²) in [4.78, 5) is 29.1. The molecule has 0 saturated carbocycles. The van der Waals surface area contributed by atoms with Crippen LogP contribution in [0.2, 0.25) is 0 Å². The molecule has 2 aliphatic rings. The van der Waals surface area contributed by atoms with Crippen LogP contribution < -0.4 is 10.2 Å². The molecule has 0 aliphatic carbocycles. The van der Waals surface area contributed by atoms with Gasteiger partial charge in [0.25, 0.3) is 0 Å². The largest absolute Gasteiger partial charge is 0.379 e. The third-order valence-electron chi connectivity index (χ3n) is 6.04. The van der Waals surface area contributed by atoms with Crippen LogP contribution in [0.15, 0.2) is 29.2 Å². The number of sulfonamides is 1. The van der Waals surface area contributed by atoms with Crippen molar-refractivity contribution in [2.45, 2.75) is 31.6 Å². The van der Waals surface area contributed by atoms with Crippen molar-refractivity contribution in [1.29, 1.82) is 0 Å². The molecule has 9 nitrogen and oxygen atoms in total. The maximum atomic E-state index is 12.6. The molecular weight excluding hydrogens is 432 g/mol. The third kappa shape index (κ3) is 5.86. The van der Waals surface area contributed by atoms with Gasteiger partial charge >= 0.3 is 0 Å². The first-order valence-electron chi connectivity index (χ1n) is 11.3. The SMILES string of the molecule is CCN(CC)S(=O)(=O)c1ccc(N2CC(C(=O)NCCCN3CCOCC3)CC2=O)cc1. The Morgan fingerprint density at radius 3 is 2.44 bits per heavy atom. The van der Waals surface area contributed by atoms with Gasteiger partial charge in [0.15, 0.2) is 0 Å². The summed E-state index contributed by atoms with van der Waals surface area (Å²) in [6.07, 6.45) is 1.02. The van der Waals surface area contributed by atoms with Gasteiger partial charge in [0.1, 0.15) is 0 Å². The van der Waals surface area contributed by atoms with Gasteiger partial charge in [-0.2, -0.15) is 4.31 Å². The highest BCUT2D eigenvalue weighted by atomic mass is 32.2. The monoisotopic (exact) mass is 466 g/mol. The van der Waals surface area contributed by atoms with Crippen molar-refractivity contribution in [3.05, 3.63) is 24.3 Å². The summed E-state index contributed by atoms with van der Waals surface area (Å²) in [5, 5.41) is 2.95. The average molecular weight is 467 g/mol. The summed E-state index contributed by atoms with van der Waals surface area (Å²) in [5.41, 5.74) is 0.608. The Kier molecular flexibility index (Phi) is 8.64. The average Bonchev–Trinajstić information content (AvgIpc) is 3.19. The highest BCUT2D eigenvalue weighted by Crippen LogP contribution is 2.27. The van der Waals surface area contributed by atoms with Gasteiger partial charge < -0.3 is 15.0 Å². The molecule has 2 saturated heterocycles. The van der Waals surface area contributed by atoms with Crippen molar-refractivity contribution < 1.29 is 22.7 Å². The minimum Gasteiger partial charge on any atom is -0.379 e. The number of rotatable bonds is 10. The fraction of sp³-hybridized carbons (Fsp3) is 0.636. The van der Waals surface area contributed by atoms with Gasteiger partial charge in [0.2, 0.25) is 21.8 Å². The normalized spacial score (nSPS) is 20.2. The number of carbonyl (C=O) groups excluding carboxylic acids is 2. The minimum absolute atomic E-state index is 0.108. The van der Waals surface area contributed by atoms with Crippen LogP contribution in [0.5, 0.6) is 0 Å². The summed E-state index contributed by atoms with van der Waals surface area (Å²) in [6, 6.07) is 6.32. The first kappa shape index (κ1) is 24.6. The molecule has 0 aromatic heterocycles. The summed E-state index contributed by atoms with van der Waals surface area (Å²) in [5.74, 6) is -0.633. The van der Waals surface area contributed by atoms with Crippen LogP contribution in [0.25, 0.3) is 0 Å². The zero-order chi connectivity index (χ0) is 23.1. The van der Waals surface area contributed by atoms with Crippen molar-refractivity contribution in [2.24, 2.45) is 5.92 Å². The van der Waals surface area contributed by atoms with Crippen molar-refractivity contribution >= 4 is 27.5 Å². The van der Waals surface area contributed by atoms with E-state index in [2.05, 4.69) is 10.2 Å². The van der Waals surface area contributed by atoms with Crippen molar-refractivity contribution in [3.63, 3.8) is 0 Å². The quantitative estimate of drug-likeness (QED) is 0.515. The number of nitrogens with one attached hydrogen (secondary N) is 1. The molecule has 0 radical (unpaired) electrons. The molecule has 10 heteroatoms. The topological polar surface area (TPSA) is 99.3 Å². The number of nitrogens with zero attached hydrogens (tertiary/aromatic N) is 3. The fourth-order valence-corrected chi connectivity index (χ4v) is 5.58. The number of anilines is 1. The number of hydrogen-bond acceptors (Lipinski definition) is 6. The van der Waals surface area contributed by atoms with Crippen LogP contribution in [0, 0.1) is 5.92 Å². The maximum absolute atomic E-state index is 12.6. The van der Waals surface area contributed by atoms with Crippen LogP contribution in [0.3, 0.4) is 0 Å². The van der Waals surface area contributed by atoms with E-state index in [9.17, 15) is 18.0 Å². The Bertz CT molecular complexity index is 880. The predicted molar refractivity (Wildman–Crippen MR) is 122 cm³/mol. The summed E-state index contributed by atoms with van der Waals surface area (Å²) in [6.45, 7) is 9.56. The lowest BCUT2D eigenvalue weighted by Gasteiger charge is -2.26. The Balaban J connectivity index is 1.52. The Morgan fingerprint density at radius 1 is 1.16 bits per heavy atom. The number of morpholine rings is 1. The van der Waals surface area contributed by atoms with Gasteiger partial charge in [-0.25, -0.2) is 8.42 Å². The van der Waals surface area contributed by atoms with Gasteiger partial charge in [-0.3, -0.25) is 14.5 Å².